The quantitative estimate of drug-likeness (QED) is 0.361. The summed E-state index contributed by atoms with van der Waals surface area (Å²) in [7, 11) is 0. The fourth-order valence-corrected chi connectivity index (χ4v) is 3.59. The first-order valence-electron chi connectivity index (χ1n) is 11.3. The van der Waals surface area contributed by atoms with E-state index in [-0.39, 0.29) is 27.6 Å². The lowest BCUT2D eigenvalue weighted by atomic mass is 9.79. The largest absolute Gasteiger partial charge is 0.422 e. The molecular formula is C29H42O2. The normalized spacial score (nSPS) is 13.3. The van der Waals surface area contributed by atoms with Gasteiger partial charge in [-0.15, -0.1) is 0 Å². The molecule has 0 fully saturated rings. The van der Waals surface area contributed by atoms with Crippen LogP contribution in [-0.4, -0.2) is 5.97 Å². The summed E-state index contributed by atoms with van der Waals surface area (Å²) in [5.74, 6) is 0.407. The van der Waals surface area contributed by atoms with E-state index in [1.54, 1.807) is 0 Å². The number of carbonyl (C=O) groups excluding carboxylic acids is 1. The van der Waals surface area contributed by atoms with Crippen molar-refractivity contribution in [3.8, 4) is 5.75 Å². The van der Waals surface area contributed by atoms with E-state index in [2.05, 4.69) is 107 Å². The van der Waals surface area contributed by atoms with Gasteiger partial charge in [-0.2, -0.15) is 0 Å². The van der Waals surface area contributed by atoms with Crippen LogP contribution in [0.25, 0.3) is 0 Å². The Hall–Kier alpha value is -2.09. The molecule has 0 atom stereocenters. The average molecular weight is 423 g/mol. The first-order valence-corrected chi connectivity index (χ1v) is 11.3. The van der Waals surface area contributed by atoms with Crippen molar-refractivity contribution in [2.45, 2.75) is 105 Å². The standard InChI is InChI=1S/C29H42O2/c1-26(2,3)20-16-19(17-21(18-20)27(4,5)6)25(30)31-24-22(28(7,8)9)14-13-15-23(24)29(10,11)12/h13-18H,1-12H3. The Bertz CT molecular complexity index is 888. The number of para-hydroxylation sites is 1. The van der Waals surface area contributed by atoms with E-state index in [1.165, 1.54) is 0 Å². The zero-order valence-electron chi connectivity index (χ0n) is 21.8. The van der Waals surface area contributed by atoms with Gasteiger partial charge in [0.1, 0.15) is 5.75 Å². The minimum atomic E-state index is -0.293. The topological polar surface area (TPSA) is 26.3 Å². The molecule has 0 saturated heterocycles. The summed E-state index contributed by atoms with van der Waals surface area (Å²) < 4.78 is 6.21. The molecule has 2 aromatic rings. The maximum Gasteiger partial charge on any atom is 0.343 e. The number of hydrogen-bond acceptors (Lipinski definition) is 2. The fraction of sp³-hybridized carbons (Fsp3) is 0.552. The second kappa shape index (κ2) is 8.11. The Balaban J connectivity index is 2.66. The van der Waals surface area contributed by atoms with E-state index in [4.69, 9.17) is 4.74 Å². The Morgan fingerprint density at radius 3 is 1.32 bits per heavy atom. The summed E-state index contributed by atoms with van der Waals surface area (Å²) in [6, 6.07) is 12.4. The van der Waals surface area contributed by atoms with Crippen LogP contribution in [0.1, 0.15) is 116 Å². The number of carbonyl (C=O) groups is 1. The van der Waals surface area contributed by atoms with Gasteiger partial charge in [-0.25, -0.2) is 4.79 Å². The zero-order valence-corrected chi connectivity index (χ0v) is 21.8. The smallest absolute Gasteiger partial charge is 0.343 e. The van der Waals surface area contributed by atoms with Crippen LogP contribution in [-0.2, 0) is 21.7 Å². The summed E-state index contributed by atoms with van der Waals surface area (Å²) in [5.41, 5.74) is 4.61. The SMILES string of the molecule is CC(C)(C)c1cc(C(=O)Oc2c(C(C)(C)C)cccc2C(C)(C)C)cc(C(C)(C)C)c1. The van der Waals surface area contributed by atoms with Crippen molar-refractivity contribution in [2.75, 3.05) is 0 Å². The molecule has 2 nitrogen and oxygen atoms in total. The number of benzene rings is 2. The highest BCUT2D eigenvalue weighted by atomic mass is 16.5. The maximum atomic E-state index is 13.5. The van der Waals surface area contributed by atoms with Crippen molar-refractivity contribution >= 4 is 5.97 Å². The number of ether oxygens (including phenoxy) is 1. The molecule has 0 aliphatic rings. The molecule has 0 unspecified atom stereocenters. The van der Waals surface area contributed by atoms with Crippen LogP contribution in [0.2, 0.25) is 0 Å². The number of hydrogen-bond donors (Lipinski definition) is 0. The Kier molecular flexibility index (Phi) is 6.59. The van der Waals surface area contributed by atoms with Crippen LogP contribution in [0.15, 0.2) is 36.4 Å². The van der Waals surface area contributed by atoms with Crippen molar-refractivity contribution < 1.29 is 9.53 Å². The van der Waals surface area contributed by atoms with Gasteiger partial charge in [-0.3, -0.25) is 0 Å². The monoisotopic (exact) mass is 422 g/mol. The average Bonchev–Trinajstić information content (AvgIpc) is 2.58. The van der Waals surface area contributed by atoms with E-state index in [1.807, 2.05) is 12.1 Å². The molecule has 2 rings (SSSR count). The van der Waals surface area contributed by atoms with Gasteiger partial charge in [0, 0.05) is 11.1 Å². The maximum absolute atomic E-state index is 13.5. The first kappa shape index (κ1) is 25.2. The van der Waals surface area contributed by atoms with Gasteiger partial charge >= 0.3 is 5.97 Å². The second-order valence-corrected chi connectivity index (χ2v) is 12.9. The van der Waals surface area contributed by atoms with Gasteiger partial charge in [0.05, 0.1) is 5.56 Å². The highest BCUT2D eigenvalue weighted by Crippen LogP contribution is 2.40. The molecule has 0 N–H and O–H groups in total. The van der Waals surface area contributed by atoms with Crippen LogP contribution in [0.5, 0.6) is 5.75 Å². The predicted octanol–water partition coefficient (Wildman–Crippen LogP) is 8.10. The van der Waals surface area contributed by atoms with Gasteiger partial charge in [0.15, 0.2) is 0 Å². The van der Waals surface area contributed by atoms with E-state index in [9.17, 15) is 4.79 Å². The van der Waals surface area contributed by atoms with Crippen molar-refractivity contribution in [1.82, 2.24) is 0 Å². The van der Waals surface area contributed by atoms with E-state index in [0.717, 1.165) is 22.3 Å². The van der Waals surface area contributed by atoms with Gasteiger partial charge < -0.3 is 4.74 Å². The third-order valence-corrected chi connectivity index (χ3v) is 5.73. The van der Waals surface area contributed by atoms with Gasteiger partial charge in [0.25, 0.3) is 0 Å². The van der Waals surface area contributed by atoms with Crippen molar-refractivity contribution in [2.24, 2.45) is 0 Å². The van der Waals surface area contributed by atoms with E-state index in [0.29, 0.717) is 11.3 Å². The molecule has 0 aliphatic carbocycles. The van der Waals surface area contributed by atoms with Crippen molar-refractivity contribution in [3.63, 3.8) is 0 Å². The Morgan fingerprint density at radius 1 is 0.613 bits per heavy atom. The molecule has 2 aromatic carbocycles. The van der Waals surface area contributed by atoms with Crippen LogP contribution in [0, 0.1) is 0 Å². The Labute approximate surface area is 190 Å². The molecule has 0 bridgehead atoms. The van der Waals surface area contributed by atoms with Crippen molar-refractivity contribution in [1.29, 1.82) is 0 Å². The fourth-order valence-electron chi connectivity index (χ4n) is 3.59. The molecule has 0 aliphatic heterocycles. The highest BCUT2D eigenvalue weighted by molar-refractivity contribution is 5.92. The molecule has 0 radical (unpaired) electrons. The molecule has 0 amide bonds. The van der Waals surface area contributed by atoms with Crippen molar-refractivity contribution in [3.05, 3.63) is 64.2 Å². The molecule has 0 heterocycles. The van der Waals surface area contributed by atoms with Crippen LogP contribution in [0.3, 0.4) is 0 Å². The molecule has 0 spiro atoms. The molecular weight excluding hydrogens is 380 g/mol. The predicted molar refractivity (Wildman–Crippen MR) is 133 cm³/mol. The third-order valence-electron chi connectivity index (χ3n) is 5.73. The van der Waals surface area contributed by atoms with Gasteiger partial charge in [-0.05, 0) is 44.9 Å². The number of esters is 1. The zero-order chi connectivity index (χ0) is 24.0. The summed E-state index contributed by atoms with van der Waals surface area (Å²) in [4.78, 5) is 13.5. The summed E-state index contributed by atoms with van der Waals surface area (Å²) in [6.07, 6.45) is 0. The highest BCUT2D eigenvalue weighted by Gasteiger charge is 2.29. The first-order chi connectivity index (χ1) is 13.8. The lowest BCUT2D eigenvalue weighted by Gasteiger charge is -2.29. The summed E-state index contributed by atoms with van der Waals surface area (Å²) >= 11 is 0. The van der Waals surface area contributed by atoms with Crippen LogP contribution in [0.4, 0.5) is 0 Å². The molecule has 0 saturated carbocycles. The molecule has 31 heavy (non-hydrogen) atoms. The second-order valence-electron chi connectivity index (χ2n) is 12.9. The number of rotatable bonds is 2. The third kappa shape index (κ3) is 5.99. The summed E-state index contributed by atoms with van der Waals surface area (Å²) in [6.45, 7) is 26.0. The minimum Gasteiger partial charge on any atom is -0.422 e. The lowest BCUT2D eigenvalue weighted by Crippen LogP contribution is -2.23. The van der Waals surface area contributed by atoms with Crippen LogP contribution < -0.4 is 4.74 Å². The minimum absolute atomic E-state index is 0.0593. The molecule has 170 valence electrons. The Morgan fingerprint density at radius 2 is 1.00 bits per heavy atom. The van der Waals surface area contributed by atoms with Gasteiger partial charge in [-0.1, -0.05) is 107 Å². The van der Waals surface area contributed by atoms with Crippen LogP contribution >= 0.6 is 0 Å². The lowest BCUT2D eigenvalue weighted by molar-refractivity contribution is 0.0728. The molecule has 0 aromatic heterocycles. The summed E-state index contributed by atoms with van der Waals surface area (Å²) in [5, 5.41) is 0. The molecule has 2 heteroatoms. The van der Waals surface area contributed by atoms with E-state index < -0.39 is 0 Å². The van der Waals surface area contributed by atoms with Gasteiger partial charge in [0.2, 0.25) is 0 Å². The van der Waals surface area contributed by atoms with E-state index >= 15 is 0 Å².